The number of hydrogen-bond donors (Lipinski definition) is 0. The third kappa shape index (κ3) is 4.27. The number of para-hydroxylation sites is 1. The van der Waals surface area contributed by atoms with E-state index in [2.05, 4.69) is 115 Å². The maximum atomic E-state index is 6.97. The third-order valence-electron chi connectivity index (χ3n) is 9.35. The van der Waals surface area contributed by atoms with Gasteiger partial charge in [-0.05, 0) is 67.4 Å². The molecule has 0 fully saturated rings. The van der Waals surface area contributed by atoms with Crippen molar-refractivity contribution >= 4 is 76.6 Å². The summed E-state index contributed by atoms with van der Waals surface area (Å²) >= 11 is 6.97. The highest BCUT2D eigenvalue weighted by molar-refractivity contribution is 6.34. The van der Waals surface area contributed by atoms with Crippen molar-refractivity contribution in [3.8, 4) is 34.2 Å². The van der Waals surface area contributed by atoms with Gasteiger partial charge in [0.1, 0.15) is 11.2 Å². The molecule has 0 atom stereocenters. The number of fused-ring (bicyclic) bond motifs is 9. The van der Waals surface area contributed by atoms with Crippen LogP contribution in [0.4, 0.5) is 0 Å². The first-order valence-corrected chi connectivity index (χ1v) is 16.3. The lowest BCUT2D eigenvalue weighted by Gasteiger charge is -2.11. The molecule has 10 aromatic rings. The molecule has 0 unspecified atom stereocenters. The van der Waals surface area contributed by atoms with Crippen LogP contribution in [0.3, 0.4) is 0 Å². The van der Waals surface area contributed by atoms with E-state index >= 15 is 0 Å². The Morgan fingerprint density at radius 2 is 0.875 bits per heavy atom. The highest BCUT2D eigenvalue weighted by atomic mass is 35.5. The minimum atomic E-state index is 0.504. The van der Waals surface area contributed by atoms with Crippen LogP contribution in [0.25, 0.3) is 99.2 Å². The monoisotopic (exact) mass is 633 g/mol. The van der Waals surface area contributed by atoms with Crippen molar-refractivity contribution in [3.05, 3.63) is 151 Å². The molecule has 5 heteroatoms. The van der Waals surface area contributed by atoms with Gasteiger partial charge in [0.05, 0.1) is 5.02 Å². The number of benzene rings is 8. The molecule has 0 saturated carbocycles. The standard InChI is InChI=1S/C43H24ClN3O/c44-38-24-40-36(35-11-5-6-12-39(35)48-40)23-37(38)43-46-41(29-17-19-33-27(21-29)15-13-25-7-1-3-9-31(25)33)45-42(47-43)30-18-20-34-28(22-30)16-14-26-8-2-4-10-32(26)34/h1-24H. The molecule has 0 N–H and O–H groups in total. The van der Waals surface area contributed by atoms with Crippen LogP contribution >= 0.6 is 11.6 Å². The fourth-order valence-electron chi connectivity index (χ4n) is 6.98. The van der Waals surface area contributed by atoms with E-state index in [-0.39, 0.29) is 0 Å². The van der Waals surface area contributed by atoms with Crippen LogP contribution in [0.2, 0.25) is 5.02 Å². The number of aromatic nitrogens is 3. The molecule has 0 bridgehead atoms. The summed E-state index contributed by atoms with van der Waals surface area (Å²) in [4.78, 5) is 15.2. The maximum Gasteiger partial charge on any atom is 0.165 e. The summed E-state index contributed by atoms with van der Waals surface area (Å²) in [7, 11) is 0. The molecule has 0 aliphatic carbocycles. The molecule has 2 aromatic heterocycles. The number of halogens is 1. The van der Waals surface area contributed by atoms with Crippen LogP contribution in [0.1, 0.15) is 0 Å². The van der Waals surface area contributed by atoms with E-state index in [1.807, 2.05) is 30.3 Å². The van der Waals surface area contributed by atoms with Gasteiger partial charge in [0, 0.05) is 33.5 Å². The van der Waals surface area contributed by atoms with E-state index in [9.17, 15) is 0 Å². The van der Waals surface area contributed by atoms with Gasteiger partial charge in [-0.2, -0.15) is 0 Å². The lowest BCUT2D eigenvalue weighted by molar-refractivity contribution is 0.669. The first-order chi connectivity index (χ1) is 23.7. The second kappa shape index (κ2) is 10.5. The average molecular weight is 634 g/mol. The summed E-state index contributed by atoms with van der Waals surface area (Å²) in [6, 6.07) is 50.3. The predicted molar refractivity (Wildman–Crippen MR) is 198 cm³/mol. The molecular formula is C43H24ClN3O. The van der Waals surface area contributed by atoms with Crippen LogP contribution in [-0.2, 0) is 0 Å². The summed E-state index contributed by atoms with van der Waals surface area (Å²) in [5.41, 5.74) is 4.06. The number of furan rings is 1. The van der Waals surface area contributed by atoms with E-state index in [4.69, 9.17) is 31.0 Å². The fourth-order valence-corrected chi connectivity index (χ4v) is 7.22. The maximum absolute atomic E-state index is 6.97. The van der Waals surface area contributed by atoms with Gasteiger partial charge in [-0.3, -0.25) is 0 Å². The Bertz CT molecular complexity index is 2790. The molecule has 0 radical (unpaired) electrons. The van der Waals surface area contributed by atoms with Crippen molar-refractivity contribution in [2.24, 2.45) is 0 Å². The van der Waals surface area contributed by atoms with Gasteiger partial charge in [0.2, 0.25) is 0 Å². The zero-order valence-corrected chi connectivity index (χ0v) is 26.2. The molecule has 2 heterocycles. The zero-order valence-electron chi connectivity index (χ0n) is 25.5. The topological polar surface area (TPSA) is 51.8 Å². The molecule has 48 heavy (non-hydrogen) atoms. The first kappa shape index (κ1) is 27.1. The highest BCUT2D eigenvalue weighted by Crippen LogP contribution is 2.38. The number of hydrogen-bond acceptors (Lipinski definition) is 4. The molecular weight excluding hydrogens is 610 g/mol. The Kier molecular flexibility index (Phi) is 5.90. The summed E-state index contributed by atoms with van der Waals surface area (Å²) in [5, 5.41) is 12.0. The molecule has 0 spiro atoms. The summed E-state index contributed by atoms with van der Waals surface area (Å²) in [5.74, 6) is 1.66. The van der Waals surface area contributed by atoms with Crippen molar-refractivity contribution in [2.75, 3.05) is 0 Å². The van der Waals surface area contributed by atoms with E-state index in [0.29, 0.717) is 22.5 Å². The Labute approximate surface area is 279 Å². The lowest BCUT2D eigenvalue weighted by atomic mass is 9.99. The predicted octanol–water partition coefficient (Wildman–Crippen LogP) is 12.0. The largest absolute Gasteiger partial charge is 0.456 e. The van der Waals surface area contributed by atoms with Crippen molar-refractivity contribution in [2.45, 2.75) is 0 Å². The van der Waals surface area contributed by atoms with Crippen molar-refractivity contribution in [1.29, 1.82) is 0 Å². The lowest BCUT2D eigenvalue weighted by Crippen LogP contribution is -2.00. The highest BCUT2D eigenvalue weighted by Gasteiger charge is 2.18. The second-order valence-electron chi connectivity index (χ2n) is 12.2. The van der Waals surface area contributed by atoms with E-state index in [1.54, 1.807) is 0 Å². The van der Waals surface area contributed by atoms with Crippen LogP contribution in [-0.4, -0.2) is 15.0 Å². The van der Waals surface area contributed by atoms with E-state index < -0.39 is 0 Å². The SMILES string of the molecule is Clc1cc2oc3ccccc3c2cc1-c1nc(-c2ccc3c(ccc4ccccc43)c2)nc(-c2ccc3c(ccc4ccccc43)c2)n1. The van der Waals surface area contributed by atoms with Gasteiger partial charge in [-0.1, -0.05) is 127 Å². The minimum Gasteiger partial charge on any atom is -0.456 e. The first-order valence-electron chi connectivity index (χ1n) is 15.9. The Morgan fingerprint density at radius 1 is 0.375 bits per heavy atom. The average Bonchev–Trinajstić information content (AvgIpc) is 3.50. The fraction of sp³-hybridized carbons (Fsp3) is 0. The summed E-state index contributed by atoms with van der Waals surface area (Å²) in [6.45, 7) is 0. The van der Waals surface area contributed by atoms with Gasteiger partial charge in [-0.15, -0.1) is 0 Å². The molecule has 4 nitrogen and oxygen atoms in total. The molecule has 224 valence electrons. The van der Waals surface area contributed by atoms with E-state index in [0.717, 1.165) is 49.4 Å². The molecule has 8 aromatic carbocycles. The van der Waals surface area contributed by atoms with Crippen molar-refractivity contribution in [1.82, 2.24) is 15.0 Å². The van der Waals surface area contributed by atoms with Gasteiger partial charge in [0.25, 0.3) is 0 Å². The van der Waals surface area contributed by atoms with Crippen LogP contribution < -0.4 is 0 Å². The Morgan fingerprint density at radius 3 is 1.50 bits per heavy atom. The Hall–Kier alpha value is -6.10. The van der Waals surface area contributed by atoms with Gasteiger partial charge >= 0.3 is 0 Å². The molecule has 0 amide bonds. The molecule has 0 aliphatic heterocycles. The normalized spacial score (nSPS) is 11.9. The summed E-state index contributed by atoms with van der Waals surface area (Å²) in [6.07, 6.45) is 0. The smallest absolute Gasteiger partial charge is 0.165 e. The molecule has 0 saturated heterocycles. The second-order valence-corrected chi connectivity index (χ2v) is 12.6. The third-order valence-corrected chi connectivity index (χ3v) is 9.66. The van der Waals surface area contributed by atoms with Crippen molar-refractivity contribution in [3.63, 3.8) is 0 Å². The summed E-state index contributed by atoms with van der Waals surface area (Å²) < 4.78 is 6.12. The van der Waals surface area contributed by atoms with Crippen LogP contribution in [0.5, 0.6) is 0 Å². The molecule has 10 rings (SSSR count). The van der Waals surface area contributed by atoms with Gasteiger partial charge in [0.15, 0.2) is 17.5 Å². The number of nitrogens with zero attached hydrogens (tertiary/aromatic N) is 3. The van der Waals surface area contributed by atoms with Crippen LogP contribution in [0.15, 0.2) is 150 Å². The van der Waals surface area contributed by atoms with Gasteiger partial charge in [-0.25, -0.2) is 15.0 Å². The van der Waals surface area contributed by atoms with E-state index in [1.165, 1.54) is 32.3 Å². The Balaban J connectivity index is 1.20. The number of rotatable bonds is 3. The van der Waals surface area contributed by atoms with Crippen LogP contribution in [0, 0.1) is 0 Å². The molecule has 0 aliphatic rings. The van der Waals surface area contributed by atoms with Gasteiger partial charge < -0.3 is 4.42 Å². The zero-order chi connectivity index (χ0) is 31.8. The quantitative estimate of drug-likeness (QED) is 0.182. The minimum absolute atomic E-state index is 0.504. The van der Waals surface area contributed by atoms with Crippen molar-refractivity contribution < 1.29 is 4.42 Å².